The number of para-hydroxylation sites is 2. The average Bonchev–Trinajstić information content (AvgIpc) is 2.56. The molecular weight excluding hydrogens is 194 g/mol. The summed E-state index contributed by atoms with van der Waals surface area (Å²) >= 11 is 0. The van der Waals surface area contributed by atoms with E-state index in [1.54, 1.807) is 4.57 Å². The minimum absolute atomic E-state index is 0.177. The van der Waals surface area contributed by atoms with Crippen molar-refractivity contribution in [2.75, 3.05) is 6.54 Å². The van der Waals surface area contributed by atoms with Crippen LogP contribution in [0.1, 0.15) is 0 Å². The van der Waals surface area contributed by atoms with Crippen LogP contribution in [0.2, 0.25) is 0 Å². The highest BCUT2D eigenvalue weighted by Gasteiger charge is 2.03. The van der Waals surface area contributed by atoms with Crippen molar-refractivity contribution in [3.63, 3.8) is 0 Å². The number of rotatable bonds is 3. The number of aromatic amines is 1. The van der Waals surface area contributed by atoms with Gasteiger partial charge < -0.3 is 4.98 Å². The third kappa shape index (κ3) is 1.70. The Labute approximate surface area is 84.8 Å². The normalized spacial score (nSPS) is 10.1. The largest absolute Gasteiger partial charge is 0.326 e. The Morgan fingerprint density at radius 3 is 3.07 bits per heavy atom. The summed E-state index contributed by atoms with van der Waals surface area (Å²) in [5.74, 6) is 0. The molecule has 0 spiro atoms. The SMILES string of the molecule is [N-]=[N+]=NCCn1c(=O)[nH]c2ccccc21. The highest BCUT2D eigenvalue weighted by atomic mass is 16.1. The van der Waals surface area contributed by atoms with Crippen LogP contribution in [0.25, 0.3) is 21.5 Å². The summed E-state index contributed by atoms with van der Waals surface area (Å²) in [6, 6.07) is 7.40. The molecule has 0 radical (unpaired) electrons. The van der Waals surface area contributed by atoms with Gasteiger partial charge in [0, 0.05) is 18.0 Å². The maximum Gasteiger partial charge on any atom is 0.326 e. The number of benzene rings is 1. The zero-order chi connectivity index (χ0) is 10.7. The summed E-state index contributed by atoms with van der Waals surface area (Å²) in [7, 11) is 0. The van der Waals surface area contributed by atoms with E-state index in [0.29, 0.717) is 6.54 Å². The van der Waals surface area contributed by atoms with Gasteiger partial charge in [0.05, 0.1) is 11.0 Å². The van der Waals surface area contributed by atoms with Crippen molar-refractivity contribution < 1.29 is 0 Å². The van der Waals surface area contributed by atoms with Crippen molar-refractivity contribution in [3.8, 4) is 0 Å². The number of azide groups is 1. The molecule has 0 aliphatic rings. The molecule has 0 amide bonds. The Morgan fingerprint density at radius 2 is 2.27 bits per heavy atom. The van der Waals surface area contributed by atoms with Gasteiger partial charge in [-0.3, -0.25) is 4.57 Å². The second kappa shape index (κ2) is 3.89. The lowest BCUT2D eigenvalue weighted by molar-refractivity contribution is 0.700. The Kier molecular flexibility index (Phi) is 2.43. The van der Waals surface area contributed by atoms with Crippen LogP contribution in [0, 0.1) is 0 Å². The molecule has 1 heterocycles. The highest BCUT2D eigenvalue weighted by molar-refractivity contribution is 5.74. The molecule has 0 aliphatic carbocycles. The van der Waals surface area contributed by atoms with Crippen molar-refractivity contribution >= 4 is 11.0 Å². The van der Waals surface area contributed by atoms with Gasteiger partial charge in [0.25, 0.3) is 0 Å². The maximum atomic E-state index is 11.5. The zero-order valence-corrected chi connectivity index (χ0v) is 7.92. The lowest BCUT2D eigenvalue weighted by atomic mass is 10.3. The summed E-state index contributed by atoms with van der Waals surface area (Å²) in [4.78, 5) is 16.9. The van der Waals surface area contributed by atoms with Gasteiger partial charge in [-0.05, 0) is 17.7 Å². The van der Waals surface area contributed by atoms with E-state index in [4.69, 9.17) is 5.53 Å². The van der Waals surface area contributed by atoms with Crippen LogP contribution in [0.15, 0.2) is 34.2 Å². The van der Waals surface area contributed by atoms with Crippen LogP contribution in [0.3, 0.4) is 0 Å². The van der Waals surface area contributed by atoms with Gasteiger partial charge in [-0.2, -0.15) is 0 Å². The second-order valence-electron chi connectivity index (χ2n) is 3.05. The molecule has 76 valence electrons. The number of aromatic nitrogens is 2. The average molecular weight is 203 g/mol. The van der Waals surface area contributed by atoms with Crippen LogP contribution in [-0.4, -0.2) is 16.1 Å². The summed E-state index contributed by atoms with van der Waals surface area (Å²) < 4.78 is 1.56. The number of imidazole rings is 1. The third-order valence-corrected chi connectivity index (χ3v) is 2.17. The molecule has 6 nitrogen and oxygen atoms in total. The Morgan fingerprint density at radius 1 is 1.47 bits per heavy atom. The van der Waals surface area contributed by atoms with Gasteiger partial charge >= 0.3 is 5.69 Å². The van der Waals surface area contributed by atoms with Crippen molar-refractivity contribution in [3.05, 3.63) is 45.2 Å². The molecule has 2 aromatic rings. The number of H-pyrrole nitrogens is 1. The number of nitrogens with one attached hydrogen (secondary N) is 1. The van der Waals surface area contributed by atoms with Gasteiger partial charge in [0.1, 0.15) is 0 Å². The third-order valence-electron chi connectivity index (χ3n) is 2.17. The minimum Gasteiger partial charge on any atom is -0.306 e. The number of fused-ring (bicyclic) bond motifs is 1. The fourth-order valence-electron chi connectivity index (χ4n) is 1.52. The molecule has 0 saturated heterocycles. The molecule has 0 fully saturated rings. The van der Waals surface area contributed by atoms with Crippen molar-refractivity contribution in [2.24, 2.45) is 5.11 Å². The molecule has 0 saturated carbocycles. The van der Waals surface area contributed by atoms with E-state index in [0.717, 1.165) is 11.0 Å². The summed E-state index contributed by atoms with van der Waals surface area (Å²) in [6.45, 7) is 0.672. The quantitative estimate of drug-likeness (QED) is 0.458. The molecule has 1 aromatic heterocycles. The van der Waals surface area contributed by atoms with E-state index in [2.05, 4.69) is 15.0 Å². The predicted molar refractivity (Wildman–Crippen MR) is 56.6 cm³/mol. The van der Waals surface area contributed by atoms with E-state index < -0.39 is 0 Å². The van der Waals surface area contributed by atoms with Crippen LogP contribution in [0.5, 0.6) is 0 Å². The topological polar surface area (TPSA) is 86.6 Å². The predicted octanol–water partition coefficient (Wildman–Crippen LogP) is 1.64. The van der Waals surface area contributed by atoms with Gasteiger partial charge in [-0.1, -0.05) is 17.2 Å². The van der Waals surface area contributed by atoms with Crippen molar-refractivity contribution in [2.45, 2.75) is 6.54 Å². The first kappa shape index (κ1) is 9.36. The summed E-state index contributed by atoms with van der Waals surface area (Å²) in [6.07, 6.45) is 0. The Bertz CT molecular complexity index is 575. The number of hydrogen-bond donors (Lipinski definition) is 1. The first-order chi connectivity index (χ1) is 7.33. The lowest BCUT2D eigenvalue weighted by Gasteiger charge is -1.98. The molecule has 1 N–H and O–H groups in total. The molecule has 0 unspecified atom stereocenters. The highest BCUT2D eigenvalue weighted by Crippen LogP contribution is 2.08. The Hall–Kier alpha value is -2.20. The van der Waals surface area contributed by atoms with Gasteiger partial charge in [0.2, 0.25) is 0 Å². The van der Waals surface area contributed by atoms with E-state index in [9.17, 15) is 4.79 Å². The minimum atomic E-state index is -0.177. The smallest absolute Gasteiger partial charge is 0.306 e. The van der Waals surface area contributed by atoms with Gasteiger partial charge in [-0.15, -0.1) is 0 Å². The zero-order valence-electron chi connectivity index (χ0n) is 7.92. The molecule has 0 aliphatic heterocycles. The van der Waals surface area contributed by atoms with E-state index in [-0.39, 0.29) is 12.2 Å². The Balaban J connectivity index is 2.45. The monoisotopic (exact) mass is 203 g/mol. The second-order valence-corrected chi connectivity index (χ2v) is 3.05. The fraction of sp³-hybridized carbons (Fsp3) is 0.222. The fourth-order valence-corrected chi connectivity index (χ4v) is 1.52. The van der Waals surface area contributed by atoms with Crippen LogP contribution in [-0.2, 0) is 6.54 Å². The van der Waals surface area contributed by atoms with Crippen LogP contribution >= 0.6 is 0 Å². The van der Waals surface area contributed by atoms with Crippen LogP contribution in [0.4, 0.5) is 0 Å². The molecule has 2 rings (SSSR count). The van der Waals surface area contributed by atoms with Crippen LogP contribution < -0.4 is 5.69 Å². The summed E-state index contributed by atoms with van der Waals surface area (Å²) in [5, 5.41) is 3.40. The van der Waals surface area contributed by atoms with Gasteiger partial charge in [-0.25, -0.2) is 4.79 Å². The lowest BCUT2D eigenvalue weighted by Crippen LogP contribution is -2.17. The molecule has 0 bridgehead atoms. The first-order valence-corrected chi connectivity index (χ1v) is 4.51. The van der Waals surface area contributed by atoms with E-state index >= 15 is 0 Å². The molecule has 6 heteroatoms. The standard InChI is InChI=1S/C9H9N5O/c10-13-11-5-6-14-8-4-2-1-3-7(8)12-9(14)15/h1-4H,5-6H2,(H,12,15). The number of hydrogen-bond acceptors (Lipinski definition) is 2. The van der Waals surface area contributed by atoms with Crippen molar-refractivity contribution in [1.82, 2.24) is 9.55 Å². The molecule has 1 aromatic carbocycles. The van der Waals surface area contributed by atoms with Gasteiger partial charge in [0.15, 0.2) is 0 Å². The molecule has 15 heavy (non-hydrogen) atoms. The molecule has 0 atom stereocenters. The molecular formula is C9H9N5O. The first-order valence-electron chi connectivity index (χ1n) is 4.51. The van der Waals surface area contributed by atoms with E-state index in [1.165, 1.54) is 0 Å². The maximum absolute atomic E-state index is 11.5. The number of nitrogens with zero attached hydrogens (tertiary/aromatic N) is 4. The van der Waals surface area contributed by atoms with E-state index in [1.807, 2.05) is 24.3 Å². The van der Waals surface area contributed by atoms with Crippen molar-refractivity contribution in [1.29, 1.82) is 0 Å². The summed E-state index contributed by atoms with van der Waals surface area (Å²) in [5.41, 5.74) is 9.59.